The van der Waals surface area contributed by atoms with Crippen molar-refractivity contribution in [3.8, 4) is 0 Å². The van der Waals surface area contributed by atoms with Gasteiger partial charge in [-0.1, -0.05) is 0 Å². The third-order valence-electron chi connectivity index (χ3n) is 3.69. The van der Waals surface area contributed by atoms with Crippen LogP contribution in [-0.4, -0.2) is 49.7 Å². The lowest BCUT2D eigenvalue weighted by molar-refractivity contribution is -0.140. The summed E-state index contributed by atoms with van der Waals surface area (Å²) in [6.07, 6.45) is 8.13. The fourth-order valence-corrected chi connectivity index (χ4v) is 3.27. The van der Waals surface area contributed by atoms with Crippen LogP contribution < -0.4 is 10.6 Å². The SMILES string of the molecule is CCNC(=NCCCCC(=O)OC)NC1CCC(SC)C1.I. The molecule has 0 saturated heterocycles. The lowest BCUT2D eigenvalue weighted by Gasteiger charge is -2.17. The molecule has 0 aromatic carbocycles. The zero-order valence-corrected chi connectivity index (χ0v) is 17.0. The van der Waals surface area contributed by atoms with Crippen LogP contribution in [0.2, 0.25) is 0 Å². The van der Waals surface area contributed by atoms with Gasteiger partial charge in [0.15, 0.2) is 5.96 Å². The summed E-state index contributed by atoms with van der Waals surface area (Å²) in [6, 6.07) is 0.537. The zero-order chi connectivity index (χ0) is 15.5. The number of carbonyl (C=O) groups is 1. The molecular weight excluding hydrogens is 413 g/mol. The van der Waals surface area contributed by atoms with Crippen molar-refractivity contribution in [3.05, 3.63) is 0 Å². The van der Waals surface area contributed by atoms with Crippen LogP contribution in [-0.2, 0) is 9.53 Å². The standard InChI is InChI=1S/C15H29N3O2S.HI/c1-4-16-15(17-10-6-5-7-14(19)20-2)18-12-8-9-13(11-12)21-3;/h12-13H,4-11H2,1-3H3,(H2,16,17,18);1H. The second-order valence-electron chi connectivity index (χ2n) is 5.31. The van der Waals surface area contributed by atoms with E-state index in [-0.39, 0.29) is 29.9 Å². The van der Waals surface area contributed by atoms with Gasteiger partial charge in [-0.05, 0) is 45.3 Å². The minimum Gasteiger partial charge on any atom is -0.469 e. The van der Waals surface area contributed by atoms with Crippen LogP contribution in [0.3, 0.4) is 0 Å². The molecule has 0 aromatic heterocycles. The highest BCUT2D eigenvalue weighted by atomic mass is 127. The molecule has 2 atom stereocenters. The number of unbranched alkanes of at least 4 members (excludes halogenated alkanes) is 1. The molecule has 0 heterocycles. The van der Waals surface area contributed by atoms with E-state index in [1.807, 2.05) is 11.8 Å². The molecule has 130 valence electrons. The second-order valence-corrected chi connectivity index (χ2v) is 6.44. The highest BCUT2D eigenvalue weighted by molar-refractivity contribution is 14.0. The number of ether oxygens (including phenoxy) is 1. The number of nitrogens with one attached hydrogen (secondary N) is 2. The predicted molar refractivity (Wildman–Crippen MR) is 105 cm³/mol. The zero-order valence-electron chi connectivity index (χ0n) is 13.9. The Morgan fingerprint density at radius 2 is 2.14 bits per heavy atom. The first-order chi connectivity index (χ1) is 10.2. The van der Waals surface area contributed by atoms with E-state index in [0.29, 0.717) is 12.5 Å². The van der Waals surface area contributed by atoms with E-state index >= 15 is 0 Å². The average molecular weight is 443 g/mol. The topological polar surface area (TPSA) is 62.7 Å². The number of guanidine groups is 1. The Kier molecular flexibility index (Phi) is 13.2. The van der Waals surface area contributed by atoms with Gasteiger partial charge >= 0.3 is 5.97 Å². The fraction of sp³-hybridized carbons (Fsp3) is 0.867. The Hall–Kier alpha value is -0.180. The molecule has 0 amide bonds. The van der Waals surface area contributed by atoms with Gasteiger partial charge in [0.2, 0.25) is 0 Å². The fourth-order valence-electron chi connectivity index (χ4n) is 2.47. The van der Waals surface area contributed by atoms with Gasteiger partial charge in [-0.25, -0.2) is 0 Å². The van der Waals surface area contributed by atoms with E-state index in [0.717, 1.165) is 37.1 Å². The lowest BCUT2D eigenvalue weighted by Crippen LogP contribution is -2.42. The van der Waals surface area contributed by atoms with E-state index < -0.39 is 0 Å². The molecule has 1 aliphatic carbocycles. The molecule has 0 radical (unpaired) electrons. The van der Waals surface area contributed by atoms with Crippen molar-refractivity contribution in [2.24, 2.45) is 4.99 Å². The number of nitrogens with zero attached hydrogens (tertiary/aromatic N) is 1. The molecule has 0 aliphatic heterocycles. The second kappa shape index (κ2) is 13.3. The Morgan fingerprint density at radius 3 is 2.73 bits per heavy atom. The maximum Gasteiger partial charge on any atom is 0.305 e. The molecule has 1 aliphatic rings. The van der Waals surface area contributed by atoms with Crippen LogP contribution in [0.4, 0.5) is 0 Å². The van der Waals surface area contributed by atoms with Crippen molar-refractivity contribution in [1.29, 1.82) is 0 Å². The Labute approximate surface area is 155 Å². The van der Waals surface area contributed by atoms with Gasteiger partial charge in [0.25, 0.3) is 0 Å². The van der Waals surface area contributed by atoms with Gasteiger partial charge in [0.1, 0.15) is 0 Å². The summed E-state index contributed by atoms with van der Waals surface area (Å²) >= 11 is 1.96. The highest BCUT2D eigenvalue weighted by Gasteiger charge is 2.24. The van der Waals surface area contributed by atoms with Gasteiger partial charge in [-0.3, -0.25) is 9.79 Å². The van der Waals surface area contributed by atoms with Crippen molar-refractivity contribution in [3.63, 3.8) is 0 Å². The molecule has 1 rings (SSSR count). The molecule has 22 heavy (non-hydrogen) atoms. The summed E-state index contributed by atoms with van der Waals surface area (Å²) in [5.74, 6) is 0.764. The Balaban J connectivity index is 0.00000441. The van der Waals surface area contributed by atoms with Crippen molar-refractivity contribution < 1.29 is 9.53 Å². The Morgan fingerprint density at radius 1 is 1.36 bits per heavy atom. The number of thioether (sulfide) groups is 1. The molecule has 7 heteroatoms. The van der Waals surface area contributed by atoms with Crippen molar-refractivity contribution >= 4 is 47.7 Å². The molecule has 2 unspecified atom stereocenters. The van der Waals surface area contributed by atoms with Crippen LogP contribution >= 0.6 is 35.7 Å². The van der Waals surface area contributed by atoms with Gasteiger partial charge in [0, 0.05) is 30.8 Å². The Bertz CT molecular complexity index is 343. The largest absolute Gasteiger partial charge is 0.469 e. The minimum atomic E-state index is -0.141. The van der Waals surface area contributed by atoms with Crippen molar-refractivity contribution in [2.45, 2.75) is 56.7 Å². The number of hydrogen-bond donors (Lipinski definition) is 2. The average Bonchev–Trinajstić information content (AvgIpc) is 2.94. The molecule has 2 N–H and O–H groups in total. The maximum absolute atomic E-state index is 11.0. The molecule has 1 fully saturated rings. The van der Waals surface area contributed by atoms with Crippen LogP contribution in [0.15, 0.2) is 4.99 Å². The lowest BCUT2D eigenvalue weighted by atomic mass is 10.2. The summed E-state index contributed by atoms with van der Waals surface area (Å²) in [6.45, 7) is 3.69. The van der Waals surface area contributed by atoms with Crippen molar-refractivity contribution in [1.82, 2.24) is 10.6 Å². The number of rotatable bonds is 8. The van der Waals surface area contributed by atoms with Crippen LogP contribution in [0.5, 0.6) is 0 Å². The molecule has 0 spiro atoms. The van der Waals surface area contributed by atoms with Crippen LogP contribution in [0.25, 0.3) is 0 Å². The normalized spacial score (nSPS) is 21.1. The smallest absolute Gasteiger partial charge is 0.305 e. The molecule has 5 nitrogen and oxygen atoms in total. The molecular formula is C15H30IN3O2S. The van der Waals surface area contributed by atoms with E-state index in [2.05, 4.69) is 33.5 Å². The van der Waals surface area contributed by atoms with E-state index in [9.17, 15) is 4.79 Å². The predicted octanol–water partition coefficient (Wildman–Crippen LogP) is 2.79. The van der Waals surface area contributed by atoms with Crippen LogP contribution in [0.1, 0.15) is 45.4 Å². The van der Waals surface area contributed by atoms with Gasteiger partial charge < -0.3 is 15.4 Å². The molecule has 0 bridgehead atoms. The summed E-state index contributed by atoms with van der Waals surface area (Å²) < 4.78 is 4.62. The first-order valence-corrected chi connectivity index (χ1v) is 9.12. The number of methoxy groups -OCH3 is 1. The highest BCUT2D eigenvalue weighted by Crippen LogP contribution is 2.27. The third kappa shape index (κ3) is 9.07. The van der Waals surface area contributed by atoms with Gasteiger partial charge in [-0.15, -0.1) is 24.0 Å². The quantitative estimate of drug-likeness (QED) is 0.199. The third-order valence-corrected chi connectivity index (χ3v) is 4.78. The minimum absolute atomic E-state index is 0. The summed E-state index contributed by atoms with van der Waals surface area (Å²) in [7, 11) is 1.43. The summed E-state index contributed by atoms with van der Waals surface area (Å²) in [5.41, 5.74) is 0. The molecule has 0 aromatic rings. The van der Waals surface area contributed by atoms with Gasteiger partial charge in [-0.2, -0.15) is 11.8 Å². The number of aliphatic imine (C=N–C) groups is 1. The first-order valence-electron chi connectivity index (χ1n) is 7.84. The van der Waals surface area contributed by atoms with Crippen molar-refractivity contribution in [2.75, 3.05) is 26.5 Å². The monoisotopic (exact) mass is 443 g/mol. The number of carbonyl (C=O) groups excluding carboxylic acids is 1. The van der Waals surface area contributed by atoms with E-state index in [1.54, 1.807) is 0 Å². The van der Waals surface area contributed by atoms with Crippen LogP contribution in [0, 0.1) is 0 Å². The summed E-state index contributed by atoms with van der Waals surface area (Å²) in [5, 5.41) is 7.60. The van der Waals surface area contributed by atoms with Gasteiger partial charge in [0.05, 0.1) is 7.11 Å². The number of esters is 1. The number of hydrogen-bond acceptors (Lipinski definition) is 4. The number of halogens is 1. The summed E-state index contributed by atoms with van der Waals surface area (Å²) in [4.78, 5) is 15.6. The molecule has 1 saturated carbocycles. The first kappa shape index (κ1) is 21.8. The van der Waals surface area contributed by atoms with E-state index in [4.69, 9.17) is 0 Å². The van der Waals surface area contributed by atoms with E-state index in [1.165, 1.54) is 26.4 Å². The maximum atomic E-state index is 11.0.